The molecule has 0 aliphatic rings. The molecule has 0 unspecified atom stereocenters. The van der Waals surface area contributed by atoms with Crippen molar-refractivity contribution in [3.05, 3.63) is 39.1 Å². The summed E-state index contributed by atoms with van der Waals surface area (Å²) in [5, 5.41) is 0. The van der Waals surface area contributed by atoms with E-state index in [1.54, 1.807) is 0 Å². The molecule has 0 saturated carbocycles. The average molecular weight is 393 g/mol. The molecule has 1 heterocycles. The van der Waals surface area contributed by atoms with Gasteiger partial charge in [0.05, 0.1) is 6.10 Å². The molecule has 0 aliphatic heterocycles. The minimum atomic E-state index is 0.131. The Morgan fingerprint density at radius 2 is 1.50 bits per heavy atom. The van der Waals surface area contributed by atoms with Crippen molar-refractivity contribution in [3.8, 4) is 17.5 Å². The van der Waals surface area contributed by atoms with Crippen LogP contribution in [0.4, 0.5) is 0 Å². The third-order valence-corrected chi connectivity index (χ3v) is 4.57. The molecule has 0 bridgehead atoms. The zero-order valence-corrected chi connectivity index (χ0v) is 16.8. The van der Waals surface area contributed by atoms with Crippen LogP contribution in [0.1, 0.15) is 49.2 Å². The van der Waals surface area contributed by atoms with E-state index >= 15 is 0 Å². The minimum absolute atomic E-state index is 0.131. The maximum atomic E-state index is 6.12. The van der Waals surface area contributed by atoms with E-state index in [4.69, 9.17) is 9.47 Å². The summed E-state index contributed by atoms with van der Waals surface area (Å²) in [6, 6.07) is 4.21. The number of aromatic nitrogens is 2. The molecule has 5 heteroatoms. The van der Waals surface area contributed by atoms with E-state index in [2.05, 4.69) is 58.8 Å². The van der Waals surface area contributed by atoms with Crippen molar-refractivity contribution in [1.29, 1.82) is 0 Å². The van der Waals surface area contributed by atoms with E-state index in [1.807, 2.05) is 20.8 Å². The minimum Gasteiger partial charge on any atom is -0.473 e. The van der Waals surface area contributed by atoms with Gasteiger partial charge in [-0.05, 0) is 67.6 Å². The van der Waals surface area contributed by atoms with Gasteiger partial charge >= 0.3 is 0 Å². The fourth-order valence-corrected chi connectivity index (χ4v) is 3.04. The van der Waals surface area contributed by atoms with Crippen molar-refractivity contribution in [2.24, 2.45) is 0 Å². The van der Waals surface area contributed by atoms with Crippen molar-refractivity contribution >= 4 is 15.9 Å². The number of halogens is 1. The maximum absolute atomic E-state index is 6.12. The van der Waals surface area contributed by atoms with Gasteiger partial charge in [-0.3, -0.25) is 0 Å². The van der Waals surface area contributed by atoms with Crippen molar-refractivity contribution in [3.63, 3.8) is 0 Å². The second-order valence-electron chi connectivity index (χ2n) is 6.08. The van der Waals surface area contributed by atoms with Crippen LogP contribution >= 0.6 is 15.9 Å². The van der Waals surface area contributed by atoms with Gasteiger partial charge in [-0.2, -0.15) is 9.97 Å². The Balaban J connectivity index is 2.39. The Hall–Kier alpha value is -1.62. The molecule has 130 valence electrons. The molecular weight excluding hydrogens is 368 g/mol. The molecule has 0 spiro atoms. The Labute approximate surface area is 152 Å². The van der Waals surface area contributed by atoms with Crippen molar-refractivity contribution < 1.29 is 9.47 Å². The van der Waals surface area contributed by atoms with Crippen LogP contribution in [0.15, 0.2) is 16.6 Å². The summed E-state index contributed by atoms with van der Waals surface area (Å²) in [6.45, 7) is 12.2. The fourth-order valence-electron chi connectivity index (χ4n) is 2.69. The summed E-state index contributed by atoms with van der Waals surface area (Å²) in [5.74, 6) is 2.47. The lowest BCUT2D eigenvalue weighted by atomic mass is 10.1. The van der Waals surface area contributed by atoms with Gasteiger partial charge in [-0.15, -0.1) is 0 Å². The quantitative estimate of drug-likeness (QED) is 0.619. The van der Waals surface area contributed by atoms with E-state index in [9.17, 15) is 0 Å². The number of benzene rings is 1. The predicted molar refractivity (Wildman–Crippen MR) is 100 cm³/mol. The lowest BCUT2D eigenvalue weighted by molar-refractivity contribution is 0.182. The SMILES string of the molecule is CCC(CC)Oc1nc(C)nc(Oc2c(C)cc(C)cc2C)c1Br. The molecule has 0 atom stereocenters. The molecule has 0 aliphatic carbocycles. The van der Waals surface area contributed by atoms with E-state index in [1.165, 1.54) is 5.56 Å². The zero-order valence-electron chi connectivity index (χ0n) is 15.2. The topological polar surface area (TPSA) is 44.2 Å². The Morgan fingerprint density at radius 3 is 2.04 bits per heavy atom. The molecule has 0 fully saturated rings. The van der Waals surface area contributed by atoms with Crippen LogP contribution in [0, 0.1) is 27.7 Å². The molecule has 0 saturated heterocycles. The second-order valence-corrected chi connectivity index (χ2v) is 6.87. The molecule has 24 heavy (non-hydrogen) atoms. The third kappa shape index (κ3) is 4.26. The number of ether oxygens (including phenoxy) is 2. The molecule has 1 aromatic carbocycles. The van der Waals surface area contributed by atoms with E-state index in [0.717, 1.165) is 29.7 Å². The number of nitrogens with zero attached hydrogens (tertiary/aromatic N) is 2. The van der Waals surface area contributed by atoms with Crippen molar-refractivity contribution in [2.45, 2.75) is 60.5 Å². The van der Waals surface area contributed by atoms with Crippen molar-refractivity contribution in [1.82, 2.24) is 9.97 Å². The highest BCUT2D eigenvalue weighted by atomic mass is 79.9. The van der Waals surface area contributed by atoms with Gasteiger partial charge in [-0.25, -0.2) is 0 Å². The largest absolute Gasteiger partial charge is 0.473 e. The summed E-state index contributed by atoms with van der Waals surface area (Å²) >= 11 is 3.55. The number of aryl methyl sites for hydroxylation is 4. The molecule has 0 radical (unpaired) electrons. The summed E-state index contributed by atoms with van der Waals surface area (Å²) in [7, 11) is 0. The molecule has 1 aromatic heterocycles. The molecule has 2 rings (SSSR count). The Morgan fingerprint density at radius 1 is 0.958 bits per heavy atom. The highest BCUT2D eigenvalue weighted by Gasteiger charge is 2.18. The molecule has 4 nitrogen and oxygen atoms in total. The average Bonchev–Trinajstić information content (AvgIpc) is 2.52. The van der Waals surface area contributed by atoms with Gasteiger partial charge in [0.2, 0.25) is 11.8 Å². The second kappa shape index (κ2) is 7.97. The smallest absolute Gasteiger partial charge is 0.240 e. The lowest BCUT2D eigenvalue weighted by Gasteiger charge is -2.18. The number of rotatable bonds is 6. The van der Waals surface area contributed by atoms with E-state index < -0.39 is 0 Å². The first-order chi connectivity index (χ1) is 11.3. The standard InChI is InChI=1S/C19H25BrN2O2/c1-7-15(8-2)23-18-16(20)19(22-14(6)21-18)24-17-12(4)9-11(3)10-13(17)5/h9-10,15H,7-8H2,1-6H3. The molecule has 0 N–H and O–H groups in total. The molecular formula is C19H25BrN2O2. The van der Waals surface area contributed by atoms with Gasteiger partial charge in [-0.1, -0.05) is 31.5 Å². The van der Waals surface area contributed by atoms with Crippen molar-refractivity contribution in [2.75, 3.05) is 0 Å². The van der Waals surface area contributed by atoms with Crippen LogP contribution in [0.25, 0.3) is 0 Å². The van der Waals surface area contributed by atoms with Gasteiger partial charge < -0.3 is 9.47 Å². The monoisotopic (exact) mass is 392 g/mol. The first-order valence-electron chi connectivity index (χ1n) is 8.32. The fraction of sp³-hybridized carbons (Fsp3) is 0.474. The highest BCUT2D eigenvalue weighted by Crippen LogP contribution is 2.37. The van der Waals surface area contributed by atoms with Crippen LogP contribution in [0.2, 0.25) is 0 Å². The first-order valence-corrected chi connectivity index (χ1v) is 9.11. The van der Waals surface area contributed by atoms with Crippen LogP contribution in [-0.4, -0.2) is 16.1 Å². The number of hydrogen-bond acceptors (Lipinski definition) is 4. The van der Waals surface area contributed by atoms with Crippen LogP contribution in [0.3, 0.4) is 0 Å². The highest BCUT2D eigenvalue weighted by molar-refractivity contribution is 9.10. The zero-order chi connectivity index (χ0) is 17.9. The summed E-state index contributed by atoms with van der Waals surface area (Å²) < 4.78 is 12.8. The first kappa shape index (κ1) is 18.7. The Bertz CT molecular complexity index is 705. The molecule has 0 amide bonds. The molecule has 2 aromatic rings. The van der Waals surface area contributed by atoms with Gasteiger partial charge in [0, 0.05) is 0 Å². The summed E-state index contributed by atoms with van der Waals surface area (Å²) in [5.41, 5.74) is 3.38. The van der Waals surface area contributed by atoms with E-state index in [0.29, 0.717) is 22.1 Å². The van der Waals surface area contributed by atoms with Crippen LogP contribution in [-0.2, 0) is 0 Å². The van der Waals surface area contributed by atoms with Crippen LogP contribution in [0.5, 0.6) is 17.5 Å². The van der Waals surface area contributed by atoms with Crippen LogP contribution < -0.4 is 9.47 Å². The summed E-state index contributed by atoms with van der Waals surface area (Å²) in [6.07, 6.45) is 1.99. The number of hydrogen-bond donors (Lipinski definition) is 0. The van der Waals surface area contributed by atoms with Gasteiger partial charge in [0.25, 0.3) is 0 Å². The lowest BCUT2D eigenvalue weighted by Crippen LogP contribution is -2.15. The summed E-state index contributed by atoms with van der Waals surface area (Å²) in [4.78, 5) is 8.84. The predicted octanol–water partition coefficient (Wildman–Crippen LogP) is 5.83. The normalized spacial score (nSPS) is 11.0. The Kier molecular flexibility index (Phi) is 6.21. The van der Waals surface area contributed by atoms with Gasteiger partial charge in [0.15, 0.2) is 0 Å². The van der Waals surface area contributed by atoms with E-state index in [-0.39, 0.29) is 6.10 Å². The van der Waals surface area contributed by atoms with Gasteiger partial charge in [0.1, 0.15) is 16.0 Å². The maximum Gasteiger partial charge on any atom is 0.240 e. The third-order valence-electron chi connectivity index (χ3n) is 3.89.